The summed E-state index contributed by atoms with van der Waals surface area (Å²) in [7, 11) is 0. The predicted octanol–water partition coefficient (Wildman–Crippen LogP) is 1.90. The van der Waals surface area contributed by atoms with Crippen molar-refractivity contribution in [2.75, 3.05) is 52.4 Å². The van der Waals surface area contributed by atoms with Crippen molar-refractivity contribution in [2.24, 2.45) is 10.9 Å². The van der Waals surface area contributed by atoms with E-state index in [1.807, 2.05) is 0 Å². The van der Waals surface area contributed by atoms with Crippen LogP contribution in [-0.2, 0) is 4.79 Å². The molecule has 2 aliphatic rings. The molecule has 2 N–H and O–H groups in total. The maximum atomic E-state index is 12.5. The first-order chi connectivity index (χ1) is 11.7. The van der Waals surface area contributed by atoms with E-state index in [2.05, 4.69) is 39.3 Å². The Balaban J connectivity index is 0.00000312. The molecular formula is C18H36IN5O. The zero-order valence-electron chi connectivity index (χ0n) is 15.9. The Hall–Kier alpha value is -0.570. The minimum atomic E-state index is 0. The zero-order chi connectivity index (χ0) is 17.2. The fraction of sp³-hybridized carbons (Fsp3) is 0.889. The Morgan fingerprint density at radius 1 is 1.08 bits per heavy atom. The van der Waals surface area contributed by atoms with E-state index in [0.717, 1.165) is 77.6 Å². The average molecular weight is 465 g/mol. The predicted molar refractivity (Wildman–Crippen MR) is 115 cm³/mol. The number of carbonyl (C=O) groups excluding carboxylic acids is 1. The van der Waals surface area contributed by atoms with Gasteiger partial charge in [-0.15, -0.1) is 24.0 Å². The van der Waals surface area contributed by atoms with Crippen LogP contribution in [0.5, 0.6) is 0 Å². The number of amides is 1. The van der Waals surface area contributed by atoms with E-state index >= 15 is 0 Å². The molecule has 2 fully saturated rings. The molecule has 1 aliphatic heterocycles. The van der Waals surface area contributed by atoms with Crippen molar-refractivity contribution in [1.82, 2.24) is 20.4 Å². The molecule has 0 aromatic carbocycles. The van der Waals surface area contributed by atoms with Gasteiger partial charge in [0.05, 0.1) is 0 Å². The lowest BCUT2D eigenvalue weighted by Gasteiger charge is -2.36. The third-order valence-electron chi connectivity index (χ3n) is 4.95. The molecule has 146 valence electrons. The van der Waals surface area contributed by atoms with Gasteiger partial charge < -0.3 is 15.5 Å². The largest absolute Gasteiger partial charge is 0.357 e. The molecule has 0 aromatic rings. The fourth-order valence-corrected chi connectivity index (χ4v) is 3.52. The summed E-state index contributed by atoms with van der Waals surface area (Å²) < 4.78 is 0. The number of nitrogens with one attached hydrogen (secondary N) is 2. The number of guanidine groups is 1. The Bertz CT molecular complexity index is 404. The Kier molecular flexibility index (Phi) is 11.4. The van der Waals surface area contributed by atoms with Crippen LogP contribution in [0.25, 0.3) is 0 Å². The van der Waals surface area contributed by atoms with Crippen molar-refractivity contribution >= 4 is 35.8 Å². The zero-order valence-corrected chi connectivity index (χ0v) is 18.3. The second-order valence-corrected chi connectivity index (χ2v) is 6.84. The van der Waals surface area contributed by atoms with Gasteiger partial charge in [0, 0.05) is 58.3 Å². The summed E-state index contributed by atoms with van der Waals surface area (Å²) >= 11 is 0. The first-order valence-corrected chi connectivity index (χ1v) is 9.78. The summed E-state index contributed by atoms with van der Waals surface area (Å²) in [6.45, 7) is 11.6. The number of nitrogens with zero attached hydrogens (tertiary/aromatic N) is 3. The molecule has 25 heavy (non-hydrogen) atoms. The number of aliphatic imine (C=N–C) groups is 1. The monoisotopic (exact) mass is 465 g/mol. The van der Waals surface area contributed by atoms with Crippen LogP contribution in [0.3, 0.4) is 0 Å². The van der Waals surface area contributed by atoms with Crippen molar-refractivity contribution in [3.05, 3.63) is 0 Å². The molecule has 1 aliphatic carbocycles. The van der Waals surface area contributed by atoms with E-state index in [1.165, 1.54) is 12.8 Å². The highest BCUT2D eigenvalue weighted by atomic mass is 127. The Labute approximate surface area is 170 Å². The lowest BCUT2D eigenvalue weighted by Crippen LogP contribution is -2.51. The number of hydrogen-bond acceptors (Lipinski definition) is 3. The molecule has 0 radical (unpaired) electrons. The standard InChI is InChI=1S/C18H35N5O.HI/c1-3-9-20-18(19-4-2)21-10-11-22-12-14-23(15-13-22)17(24)16-7-5-6-8-16;/h16H,3-15H2,1-2H3,(H2,19,20,21);1H. The SMILES string of the molecule is CCCN=C(NCC)NCCN1CCN(C(=O)C2CCCC2)CC1.I. The van der Waals surface area contributed by atoms with Crippen LogP contribution in [0, 0.1) is 5.92 Å². The summed E-state index contributed by atoms with van der Waals surface area (Å²) in [6.07, 6.45) is 5.74. The number of halogens is 1. The van der Waals surface area contributed by atoms with Gasteiger partial charge in [-0.3, -0.25) is 14.7 Å². The number of rotatable bonds is 7. The molecule has 0 bridgehead atoms. The molecule has 0 unspecified atom stereocenters. The summed E-state index contributed by atoms with van der Waals surface area (Å²) in [5.41, 5.74) is 0. The third kappa shape index (κ3) is 7.68. The minimum Gasteiger partial charge on any atom is -0.357 e. The molecule has 7 heteroatoms. The van der Waals surface area contributed by atoms with E-state index in [1.54, 1.807) is 0 Å². The highest BCUT2D eigenvalue weighted by Crippen LogP contribution is 2.26. The second kappa shape index (κ2) is 12.7. The van der Waals surface area contributed by atoms with Crippen molar-refractivity contribution < 1.29 is 4.79 Å². The maximum Gasteiger partial charge on any atom is 0.225 e. The number of piperazine rings is 1. The highest BCUT2D eigenvalue weighted by molar-refractivity contribution is 14.0. The van der Waals surface area contributed by atoms with Gasteiger partial charge in [0.2, 0.25) is 5.91 Å². The molecule has 0 atom stereocenters. The second-order valence-electron chi connectivity index (χ2n) is 6.84. The minimum absolute atomic E-state index is 0. The van der Waals surface area contributed by atoms with Gasteiger partial charge in [-0.2, -0.15) is 0 Å². The molecule has 0 aromatic heterocycles. The fourth-order valence-electron chi connectivity index (χ4n) is 3.52. The lowest BCUT2D eigenvalue weighted by molar-refractivity contribution is -0.137. The molecule has 1 amide bonds. The molecular weight excluding hydrogens is 429 g/mol. The van der Waals surface area contributed by atoms with Crippen LogP contribution in [0.15, 0.2) is 4.99 Å². The molecule has 2 rings (SSSR count). The Morgan fingerprint density at radius 3 is 2.36 bits per heavy atom. The first kappa shape index (κ1) is 22.5. The maximum absolute atomic E-state index is 12.5. The first-order valence-electron chi connectivity index (χ1n) is 9.78. The quantitative estimate of drug-likeness (QED) is 0.343. The van der Waals surface area contributed by atoms with Gasteiger partial charge in [-0.25, -0.2) is 0 Å². The summed E-state index contributed by atoms with van der Waals surface area (Å²) in [4.78, 5) is 21.5. The summed E-state index contributed by atoms with van der Waals surface area (Å²) in [5.74, 6) is 1.64. The van der Waals surface area contributed by atoms with E-state index in [-0.39, 0.29) is 24.0 Å². The van der Waals surface area contributed by atoms with E-state index in [0.29, 0.717) is 11.8 Å². The van der Waals surface area contributed by atoms with Crippen molar-refractivity contribution in [3.8, 4) is 0 Å². The van der Waals surface area contributed by atoms with Crippen LogP contribution in [0.1, 0.15) is 46.0 Å². The molecule has 1 heterocycles. The molecule has 6 nitrogen and oxygen atoms in total. The normalized spacial score (nSPS) is 19.6. The van der Waals surface area contributed by atoms with Crippen molar-refractivity contribution in [2.45, 2.75) is 46.0 Å². The molecule has 0 spiro atoms. The van der Waals surface area contributed by atoms with E-state index in [4.69, 9.17) is 0 Å². The highest BCUT2D eigenvalue weighted by Gasteiger charge is 2.29. The molecule has 1 saturated heterocycles. The van der Waals surface area contributed by atoms with Gasteiger partial charge in [-0.05, 0) is 26.2 Å². The van der Waals surface area contributed by atoms with E-state index < -0.39 is 0 Å². The van der Waals surface area contributed by atoms with Crippen LogP contribution < -0.4 is 10.6 Å². The van der Waals surface area contributed by atoms with Crippen molar-refractivity contribution in [1.29, 1.82) is 0 Å². The number of carbonyl (C=O) groups is 1. The summed E-state index contributed by atoms with van der Waals surface area (Å²) in [6, 6.07) is 0. The molecule has 1 saturated carbocycles. The van der Waals surface area contributed by atoms with Gasteiger partial charge in [-0.1, -0.05) is 19.8 Å². The van der Waals surface area contributed by atoms with E-state index in [9.17, 15) is 4.79 Å². The third-order valence-corrected chi connectivity index (χ3v) is 4.95. The van der Waals surface area contributed by atoms with Crippen molar-refractivity contribution in [3.63, 3.8) is 0 Å². The number of hydrogen-bond donors (Lipinski definition) is 2. The summed E-state index contributed by atoms with van der Waals surface area (Å²) in [5, 5.41) is 6.67. The lowest BCUT2D eigenvalue weighted by atomic mass is 10.1. The van der Waals surface area contributed by atoms with Crippen LogP contribution >= 0.6 is 24.0 Å². The van der Waals surface area contributed by atoms with Gasteiger partial charge >= 0.3 is 0 Å². The Morgan fingerprint density at radius 2 is 1.76 bits per heavy atom. The smallest absolute Gasteiger partial charge is 0.225 e. The van der Waals surface area contributed by atoms with Crippen LogP contribution in [0.4, 0.5) is 0 Å². The van der Waals surface area contributed by atoms with Gasteiger partial charge in [0.1, 0.15) is 0 Å². The topological polar surface area (TPSA) is 60.0 Å². The van der Waals surface area contributed by atoms with Crippen LogP contribution in [-0.4, -0.2) is 74.0 Å². The van der Waals surface area contributed by atoms with Gasteiger partial charge in [0.25, 0.3) is 0 Å². The average Bonchev–Trinajstić information content (AvgIpc) is 3.14. The van der Waals surface area contributed by atoms with Gasteiger partial charge in [0.15, 0.2) is 5.96 Å². The van der Waals surface area contributed by atoms with Crippen LogP contribution in [0.2, 0.25) is 0 Å².